The smallest absolute Gasteiger partial charge is 0.360 e. The fourth-order valence-electron chi connectivity index (χ4n) is 2.21. The van der Waals surface area contributed by atoms with Gasteiger partial charge in [0.05, 0.1) is 12.3 Å². The van der Waals surface area contributed by atoms with Crippen molar-refractivity contribution < 1.29 is 14.3 Å². The van der Waals surface area contributed by atoms with Gasteiger partial charge >= 0.3 is 5.97 Å². The van der Waals surface area contributed by atoms with Crippen LogP contribution < -0.4 is 0 Å². The molecule has 0 N–H and O–H groups in total. The molecule has 21 heavy (non-hydrogen) atoms. The molecule has 0 spiro atoms. The summed E-state index contributed by atoms with van der Waals surface area (Å²) in [5.41, 5.74) is 0.897. The number of esters is 1. The van der Waals surface area contributed by atoms with Crippen LogP contribution in [0.4, 0.5) is 0 Å². The van der Waals surface area contributed by atoms with Crippen LogP contribution in [0.2, 0.25) is 0 Å². The van der Waals surface area contributed by atoms with Crippen molar-refractivity contribution in [2.24, 2.45) is 0 Å². The van der Waals surface area contributed by atoms with Gasteiger partial charge in [0, 0.05) is 13.1 Å². The van der Waals surface area contributed by atoms with E-state index in [-0.39, 0.29) is 18.1 Å². The van der Waals surface area contributed by atoms with Crippen molar-refractivity contribution in [3.05, 3.63) is 11.4 Å². The minimum atomic E-state index is -0.477. The summed E-state index contributed by atoms with van der Waals surface area (Å²) in [4.78, 5) is 25.8. The van der Waals surface area contributed by atoms with E-state index in [1.54, 1.807) is 11.8 Å². The summed E-state index contributed by atoms with van der Waals surface area (Å²) in [5, 5.41) is 7.85. The van der Waals surface area contributed by atoms with Crippen molar-refractivity contribution in [2.45, 2.75) is 52.1 Å². The number of hydrogen-bond acceptors (Lipinski definition) is 5. The van der Waals surface area contributed by atoms with Gasteiger partial charge < -0.3 is 9.64 Å². The van der Waals surface area contributed by atoms with Crippen LogP contribution in [0.5, 0.6) is 0 Å². The predicted octanol–water partition coefficient (Wildman–Crippen LogP) is 1.03. The van der Waals surface area contributed by atoms with Gasteiger partial charge in [-0.3, -0.25) is 4.79 Å². The van der Waals surface area contributed by atoms with Gasteiger partial charge in [0.2, 0.25) is 5.91 Å². The maximum Gasteiger partial charge on any atom is 0.360 e. The van der Waals surface area contributed by atoms with E-state index in [1.807, 2.05) is 14.0 Å². The summed E-state index contributed by atoms with van der Waals surface area (Å²) in [6.07, 6.45) is 3.61. The van der Waals surface area contributed by atoms with Crippen molar-refractivity contribution in [3.8, 4) is 0 Å². The molecular formula is C14H22N4O3. The van der Waals surface area contributed by atoms with Gasteiger partial charge in [0.1, 0.15) is 6.54 Å². The SMILES string of the molecule is CCCc1c(C(=O)OCC)nnn1CC(=O)N(C)C1CC1. The number of ether oxygens (including phenoxy) is 1. The topological polar surface area (TPSA) is 77.3 Å². The van der Waals surface area contributed by atoms with E-state index in [1.165, 1.54) is 4.68 Å². The van der Waals surface area contributed by atoms with Gasteiger partial charge in [-0.2, -0.15) is 0 Å². The van der Waals surface area contributed by atoms with Crippen molar-refractivity contribution in [1.82, 2.24) is 19.9 Å². The van der Waals surface area contributed by atoms with Crippen molar-refractivity contribution in [3.63, 3.8) is 0 Å². The molecule has 1 aromatic heterocycles. The Morgan fingerprint density at radius 1 is 1.38 bits per heavy atom. The number of rotatable bonds is 7. The van der Waals surface area contributed by atoms with E-state index in [9.17, 15) is 9.59 Å². The van der Waals surface area contributed by atoms with E-state index in [2.05, 4.69) is 10.3 Å². The Kier molecular flexibility index (Phi) is 4.93. The Balaban J connectivity index is 2.14. The standard InChI is InChI=1S/C14H22N4O3/c1-4-6-11-13(14(20)21-5-2)15-16-18(11)9-12(19)17(3)10-7-8-10/h10H,4-9H2,1-3H3. The second kappa shape index (κ2) is 6.69. The molecule has 7 nitrogen and oxygen atoms in total. The average Bonchev–Trinajstić information content (AvgIpc) is 3.23. The lowest BCUT2D eigenvalue weighted by Crippen LogP contribution is -2.32. The Morgan fingerprint density at radius 3 is 2.67 bits per heavy atom. The van der Waals surface area contributed by atoms with Crippen molar-refractivity contribution in [2.75, 3.05) is 13.7 Å². The van der Waals surface area contributed by atoms with Crippen molar-refractivity contribution in [1.29, 1.82) is 0 Å². The highest BCUT2D eigenvalue weighted by atomic mass is 16.5. The van der Waals surface area contributed by atoms with Crippen LogP contribution in [0.15, 0.2) is 0 Å². The van der Waals surface area contributed by atoms with Crippen LogP contribution in [-0.2, 0) is 22.5 Å². The normalized spacial score (nSPS) is 14.0. The first-order valence-electron chi connectivity index (χ1n) is 7.43. The Morgan fingerprint density at radius 2 is 2.10 bits per heavy atom. The maximum absolute atomic E-state index is 12.2. The predicted molar refractivity (Wildman–Crippen MR) is 75.8 cm³/mol. The molecule has 1 fully saturated rings. The van der Waals surface area contributed by atoms with Gasteiger partial charge in [-0.1, -0.05) is 18.6 Å². The van der Waals surface area contributed by atoms with Crippen LogP contribution in [0.1, 0.15) is 49.3 Å². The van der Waals surface area contributed by atoms with E-state index >= 15 is 0 Å². The van der Waals surface area contributed by atoms with E-state index in [4.69, 9.17) is 4.74 Å². The molecule has 0 bridgehead atoms. The Hall–Kier alpha value is -1.92. The third-order valence-corrected chi connectivity index (χ3v) is 3.57. The lowest BCUT2D eigenvalue weighted by molar-refractivity contribution is -0.131. The average molecular weight is 294 g/mol. The fourth-order valence-corrected chi connectivity index (χ4v) is 2.21. The highest BCUT2D eigenvalue weighted by Crippen LogP contribution is 2.25. The number of amides is 1. The lowest BCUT2D eigenvalue weighted by atomic mass is 10.2. The molecule has 1 amide bonds. The monoisotopic (exact) mass is 294 g/mol. The second-order valence-corrected chi connectivity index (χ2v) is 5.25. The molecular weight excluding hydrogens is 272 g/mol. The summed E-state index contributed by atoms with van der Waals surface area (Å²) < 4.78 is 6.50. The molecule has 0 unspecified atom stereocenters. The summed E-state index contributed by atoms with van der Waals surface area (Å²) in [7, 11) is 1.81. The number of carbonyl (C=O) groups excluding carboxylic acids is 2. The minimum absolute atomic E-state index is 0.00448. The van der Waals surface area contributed by atoms with Gasteiger partial charge in [0.25, 0.3) is 0 Å². The van der Waals surface area contributed by atoms with Crippen LogP contribution in [-0.4, -0.2) is 51.5 Å². The zero-order chi connectivity index (χ0) is 15.4. The van der Waals surface area contributed by atoms with Crippen molar-refractivity contribution >= 4 is 11.9 Å². The summed E-state index contributed by atoms with van der Waals surface area (Å²) in [5.74, 6) is -0.481. The van der Waals surface area contributed by atoms with Gasteiger partial charge in [-0.15, -0.1) is 5.10 Å². The molecule has 0 aliphatic heterocycles. The van der Waals surface area contributed by atoms with Crippen LogP contribution in [0, 0.1) is 0 Å². The van der Waals surface area contributed by atoms with Gasteiger partial charge in [-0.25, -0.2) is 9.48 Å². The minimum Gasteiger partial charge on any atom is -0.461 e. The highest BCUT2D eigenvalue weighted by Gasteiger charge is 2.30. The second-order valence-electron chi connectivity index (χ2n) is 5.25. The number of aromatic nitrogens is 3. The molecule has 1 aliphatic carbocycles. The summed E-state index contributed by atoms with van der Waals surface area (Å²) in [6.45, 7) is 4.16. The third-order valence-electron chi connectivity index (χ3n) is 3.57. The molecule has 0 atom stereocenters. The first-order chi connectivity index (χ1) is 10.1. The van der Waals surface area contributed by atoms with E-state index in [0.29, 0.717) is 24.8 Å². The lowest BCUT2D eigenvalue weighted by Gasteiger charge is -2.16. The molecule has 7 heteroatoms. The molecule has 0 aromatic carbocycles. The van der Waals surface area contributed by atoms with Gasteiger partial charge in [0.15, 0.2) is 5.69 Å². The first-order valence-corrected chi connectivity index (χ1v) is 7.43. The third kappa shape index (κ3) is 3.59. The van der Waals surface area contributed by atoms with Gasteiger partial charge in [-0.05, 0) is 26.2 Å². The Bertz CT molecular complexity index is 522. The Labute approximate surface area is 124 Å². The largest absolute Gasteiger partial charge is 0.461 e. The van der Waals surface area contributed by atoms with E-state index in [0.717, 1.165) is 19.3 Å². The van der Waals surface area contributed by atoms with Crippen LogP contribution in [0.3, 0.4) is 0 Å². The maximum atomic E-state index is 12.2. The molecule has 1 aromatic rings. The zero-order valence-corrected chi connectivity index (χ0v) is 12.8. The van der Waals surface area contributed by atoms with Crippen LogP contribution in [0.25, 0.3) is 0 Å². The molecule has 0 radical (unpaired) electrons. The molecule has 116 valence electrons. The number of nitrogens with zero attached hydrogens (tertiary/aromatic N) is 4. The summed E-state index contributed by atoms with van der Waals surface area (Å²) in [6, 6.07) is 0.361. The molecule has 2 rings (SSSR count). The molecule has 1 heterocycles. The van der Waals surface area contributed by atoms with E-state index < -0.39 is 5.97 Å². The zero-order valence-electron chi connectivity index (χ0n) is 12.8. The first kappa shape index (κ1) is 15.5. The summed E-state index contributed by atoms with van der Waals surface area (Å²) >= 11 is 0. The molecule has 0 saturated heterocycles. The molecule has 1 saturated carbocycles. The fraction of sp³-hybridized carbons (Fsp3) is 0.714. The highest BCUT2D eigenvalue weighted by molar-refractivity contribution is 5.88. The number of hydrogen-bond donors (Lipinski definition) is 0. The number of likely N-dealkylation sites (N-methyl/N-ethyl adjacent to an activating group) is 1. The quantitative estimate of drug-likeness (QED) is 0.702. The molecule has 1 aliphatic rings. The number of carbonyl (C=O) groups is 2. The van der Waals surface area contributed by atoms with Crippen LogP contribution >= 0.6 is 0 Å².